The minimum atomic E-state index is -4.60. The number of sulfonamides is 1. The van der Waals surface area contributed by atoms with Gasteiger partial charge in [-0.1, -0.05) is 35.9 Å². The summed E-state index contributed by atoms with van der Waals surface area (Å²) in [6.45, 7) is 1.26. The number of anilines is 1. The van der Waals surface area contributed by atoms with Gasteiger partial charge in [0, 0.05) is 44.8 Å². The molecule has 44 heavy (non-hydrogen) atoms. The molecule has 234 valence electrons. The molecule has 2 aliphatic rings. The van der Waals surface area contributed by atoms with E-state index >= 15 is 0 Å². The molecule has 2 fully saturated rings. The van der Waals surface area contributed by atoms with Gasteiger partial charge in [-0.05, 0) is 47.0 Å². The van der Waals surface area contributed by atoms with Crippen molar-refractivity contribution in [2.75, 3.05) is 44.2 Å². The van der Waals surface area contributed by atoms with Crippen molar-refractivity contribution >= 4 is 39.4 Å². The second kappa shape index (κ2) is 12.6. The molecule has 4 N–H and O–H groups in total. The Kier molecular flexibility index (Phi) is 9.02. The van der Waals surface area contributed by atoms with E-state index in [4.69, 9.17) is 22.1 Å². The fourth-order valence-corrected chi connectivity index (χ4v) is 6.75. The number of hydrogen-bond acceptors (Lipinski definition) is 8. The molecule has 1 aromatic heterocycles. The van der Waals surface area contributed by atoms with Crippen molar-refractivity contribution in [3.8, 4) is 11.1 Å². The molecule has 2 saturated heterocycles. The number of carbonyl (C=O) groups excluding carboxylic acids is 2. The number of nitrogens with zero attached hydrogens (tertiary/aromatic N) is 3. The number of carbonyl (C=O) groups is 2. The van der Waals surface area contributed by atoms with E-state index < -0.39 is 33.8 Å². The average Bonchev–Trinajstić information content (AvgIpc) is 3.41. The van der Waals surface area contributed by atoms with Gasteiger partial charge in [-0.3, -0.25) is 4.79 Å². The van der Waals surface area contributed by atoms with Gasteiger partial charge < -0.3 is 26.0 Å². The first-order valence-electron chi connectivity index (χ1n) is 13.5. The molecule has 0 aliphatic carbocycles. The highest BCUT2D eigenvalue weighted by atomic mass is 35.5. The van der Waals surface area contributed by atoms with Gasteiger partial charge in [0.1, 0.15) is 17.6 Å². The summed E-state index contributed by atoms with van der Waals surface area (Å²) in [5.41, 5.74) is 6.84. The fourth-order valence-electron chi connectivity index (χ4n) is 5.12. The number of aromatic nitrogens is 1. The molecule has 5 rings (SSSR count). The third-order valence-corrected chi connectivity index (χ3v) is 9.42. The molecule has 2 amide bonds. The summed E-state index contributed by atoms with van der Waals surface area (Å²) in [7, 11) is -3.94. The molecular weight excluding hydrogens is 625 g/mol. The maximum Gasteiger partial charge on any atom is 0.416 e. The summed E-state index contributed by atoms with van der Waals surface area (Å²) in [6.07, 6.45) is -5.08. The van der Waals surface area contributed by atoms with Gasteiger partial charge in [-0.15, -0.1) is 0 Å². The summed E-state index contributed by atoms with van der Waals surface area (Å²) in [5.74, 6) is -0.629. The number of halogens is 4. The van der Waals surface area contributed by atoms with Crippen molar-refractivity contribution in [3.05, 3.63) is 76.4 Å². The number of pyridine rings is 1. The molecule has 3 heterocycles. The molecule has 0 spiro atoms. The molecule has 16 heteroatoms. The summed E-state index contributed by atoms with van der Waals surface area (Å²) in [6, 6.07) is 12.6. The predicted molar refractivity (Wildman–Crippen MR) is 156 cm³/mol. The maximum atomic E-state index is 13.4. The van der Waals surface area contributed by atoms with Gasteiger partial charge in [0.15, 0.2) is 0 Å². The van der Waals surface area contributed by atoms with E-state index in [0.29, 0.717) is 24.2 Å². The summed E-state index contributed by atoms with van der Waals surface area (Å²) in [4.78, 5) is 29.1. The number of alkyl halides is 3. The quantitative estimate of drug-likeness (QED) is 0.299. The Hall–Kier alpha value is -3.92. The number of piperazine rings is 1. The fraction of sp³-hybridized carbons (Fsp3) is 0.321. The van der Waals surface area contributed by atoms with Crippen LogP contribution in [0.5, 0.6) is 0 Å². The highest BCUT2D eigenvalue weighted by molar-refractivity contribution is 7.89. The lowest BCUT2D eigenvalue weighted by atomic mass is 9.94. The van der Waals surface area contributed by atoms with Crippen LogP contribution in [0.15, 0.2) is 59.5 Å². The van der Waals surface area contributed by atoms with Gasteiger partial charge >= 0.3 is 12.3 Å². The molecule has 11 nitrogen and oxygen atoms in total. The second-order valence-corrected chi connectivity index (χ2v) is 12.5. The summed E-state index contributed by atoms with van der Waals surface area (Å²) < 4.78 is 72.7. The van der Waals surface area contributed by atoms with Crippen molar-refractivity contribution in [2.45, 2.75) is 23.7 Å². The molecule has 2 aromatic carbocycles. The van der Waals surface area contributed by atoms with E-state index in [0.717, 1.165) is 17.7 Å². The number of ether oxygens (including phenoxy) is 1. The van der Waals surface area contributed by atoms with Crippen LogP contribution in [0.3, 0.4) is 0 Å². The Morgan fingerprint density at radius 2 is 1.82 bits per heavy atom. The second-order valence-electron chi connectivity index (χ2n) is 10.2. The van der Waals surface area contributed by atoms with Gasteiger partial charge in [0.25, 0.3) is 0 Å². The average molecular weight is 653 g/mol. The minimum absolute atomic E-state index is 0.0168. The van der Waals surface area contributed by atoms with Crippen LogP contribution in [-0.4, -0.2) is 75.1 Å². The van der Waals surface area contributed by atoms with E-state index in [-0.39, 0.29) is 60.3 Å². The molecule has 0 saturated carbocycles. The lowest BCUT2D eigenvalue weighted by molar-refractivity contribution is -0.137. The lowest BCUT2D eigenvalue weighted by Crippen LogP contribution is -2.49. The number of amides is 2. The van der Waals surface area contributed by atoms with Crippen molar-refractivity contribution in [1.82, 2.24) is 19.9 Å². The number of alkyl carbamates (subject to hydrolysis) is 1. The predicted octanol–water partition coefficient (Wildman–Crippen LogP) is 3.23. The Morgan fingerprint density at radius 1 is 1.11 bits per heavy atom. The van der Waals surface area contributed by atoms with Gasteiger partial charge in [0.05, 0.1) is 16.5 Å². The third kappa shape index (κ3) is 6.90. The highest BCUT2D eigenvalue weighted by Gasteiger charge is 2.34. The molecule has 1 unspecified atom stereocenters. The van der Waals surface area contributed by atoms with Crippen molar-refractivity contribution in [3.63, 3.8) is 0 Å². The minimum Gasteiger partial charge on any atom is -0.447 e. The number of nitrogens with two attached hydrogens (primary N) is 1. The van der Waals surface area contributed by atoms with Crippen molar-refractivity contribution in [1.29, 1.82) is 0 Å². The summed E-state index contributed by atoms with van der Waals surface area (Å²) >= 11 is 5.82. The Labute approximate surface area is 256 Å². The van der Waals surface area contributed by atoms with E-state index in [9.17, 15) is 31.2 Å². The van der Waals surface area contributed by atoms with Crippen LogP contribution in [-0.2, 0) is 27.5 Å². The van der Waals surface area contributed by atoms with Crippen LogP contribution in [0.1, 0.15) is 21.5 Å². The van der Waals surface area contributed by atoms with Gasteiger partial charge in [-0.25, -0.2) is 18.2 Å². The number of hydrogen-bond donors (Lipinski definition) is 3. The molecule has 2 aliphatic heterocycles. The molecule has 0 bridgehead atoms. The van der Waals surface area contributed by atoms with Crippen molar-refractivity contribution in [2.24, 2.45) is 5.73 Å². The number of rotatable bonds is 9. The van der Waals surface area contributed by atoms with E-state index in [2.05, 4.69) is 15.6 Å². The van der Waals surface area contributed by atoms with Crippen LogP contribution in [0.25, 0.3) is 11.1 Å². The zero-order valence-corrected chi connectivity index (χ0v) is 24.7. The van der Waals surface area contributed by atoms with Crippen LogP contribution >= 0.6 is 11.6 Å². The standard InChI is InChI=1S/C28H28ClF3N6O5S/c29-23-12-19(28(30,31)32)13-24(36-23)37-8-10-38(11-9-37)44(41,42)21-6-4-17(5-7-21)25-18(2-1-3-22(25)26(33)39)14-34-15-20-16-43-27(40)35-20/h1-7,12-13,20,34H,8-11,14-16H2,(H2,33,39)(H,35,40). The Bertz CT molecular complexity index is 1670. The largest absolute Gasteiger partial charge is 0.447 e. The monoisotopic (exact) mass is 652 g/mol. The highest BCUT2D eigenvalue weighted by Crippen LogP contribution is 2.34. The third-order valence-electron chi connectivity index (χ3n) is 7.31. The Balaban J connectivity index is 1.30. The van der Waals surface area contributed by atoms with E-state index in [1.54, 1.807) is 29.2 Å². The first-order chi connectivity index (χ1) is 20.8. The molecule has 1 atom stereocenters. The zero-order valence-electron chi connectivity index (χ0n) is 23.1. The molecule has 0 radical (unpaired) electrons. The SMILES string of the molecule is NC(=O)c1cccc(CNCC2COC(=O)N2)c1-c1ccc(S(=O)(=O)N2CCN(c3cc(C(F)(F)F)cc(Cl)n3)CC2)cc1. The van der Waals surface area contributed by atoms with Gasteiger partial charge in [-0.2, -0.15) is 17.5 Å². The zero-order chi connectivity index (χ0) is 31.6. The number of benzene rings is 2. The Morgan fingerprint density at radius 3 is 2.43 bits per heavy atom. The normalized spacial score (nSPS) is 17.8. The first kappa shape index (κ1) is 31.5. The molecule has 3 aromatic rings. The number of cyclic esters (lactones) is 1. The van der Waals surface area contributed by atoms with Crippen LogP contribution in [0, 0.1) is 0 Å². The van der Waals surface area contributed by atoms with Crippen LogP contribution < -0.4 is 21.3 Å². The van der Waals surface area contributed by atoms with Crippen LogP contribution in [0.2, 0.25) is 5.15 Å². The van der Waals surface area contributed by atoms with Gasteiger partial charge in [0.2, 0.25) is 15.9 Å². The summed E-state index contributed by atoms with van der Waals surface area (Å²) in [5, 5.41) is 5.59. The first-order valence-corrected chi connectivity index (χ1v) is 15.3. The number of nitrogens with one attached hydrogen (secondary N) is 2. The smallest absolute Gasteiger partial charge is 0.416 e. The lowest BCUT2D eigenvalue weighted by Gasteiger charge is -2.35. The molecular formula is C28H28ClF3N6O5S. The number of primary amides is 1. The maximum absolute atomic E-state index is 13.4. The van der Waals surface area contributed by atoms with Crippen molar-refractivity contribution < 1.29 is 35.9 Å². The van der Waals surface area contributed by atoms with E-state index in [1.807, 2.05) is 6.07 Å². The van der Waals surface area contributed by atoms with Crippen LogP contribution in [0.4, 0.5) is 23.8 Å². The topological polar surface area (TPSA) is 147 Å². The van der Waals surface area contributed by atoms with E-state index in [1.165, 1.54) is 16.4 Å².